The summed E-state index contributed by atoms with van der Waals surface area (Å²) in [6.45, 7) is 10.8. The molecule has 6 nitrogen and oxygen atoms in total. The van der Waals surface area contributed by atoms with Crippen LogP contribution in [0, 0.1) is 6.92 Å². The zero-order valence-corrected chi connectivity index (χ0v) is 15.0. The van der Waals surface area contributed by atoms with Gasteiger partial charge in [-0.3, -0.25) is 4.79 Å². The van der Waals surface area contributed by atoms with E-state index in [1.165, 1.54) is 5.56 Å². The lowest BCUT2D eigenvalue weighted by Gasteiger charge is -2.32. The summed E-state index contributed by atoms with van der Waals surface area (Å²) >= 11 is 0. The molecule has 6 heteroatoms. The molecule has 3 amide bonds. The Hall–Kier alpha value is -2.24. The van der Waals surface area contributed by atoms with E-state index in [4.69, 9.17) is 4.74 Å². The van der Waals surface area contributed by atoms with Gasteiger partial charge < -0.3 is 19.9 Å². The molecule has 132 valence electrons. The molecule has 0 atom stereocenters. The van der Waals surface area contributed by atoms with Crippen LogP contribution in [0.2, 0.25) is 0 Å². The van der Waals surface area contributed by atoms with E-state index in [1.807, 2.05) is 12.1 Å². The van der Waals surface area contributed by atoms with Gasteiger partial charge in [-0.2, -0.15) is 0 Å². The van der Waals surface area contributed by atoms with Gasteiger partial charge in [-0.05, 0) is 24.0 Å². The molecule has 1 N–H and O–H groups in total. The van der Waals surface area contributed by atoms with E-state index in [9.17, 15) is 9.59 Å². The molecule has 1 heterocycles. The Bertz CT molecular complexity index is 588. The number of rotatable bonds is 4. The molecule has 24 heavy (non-hydrogen) atoms. The van der Waals surface area contributed by atoms with Crippen molar-refractivity contribution < 1.29 is 14.3 Å². The maximum atomic E-state index is 12.1. The predicted molar refractivity (Wildman–Crippen MR) is 93.1 cm³/mol. The summed E-state index contributed by atoms with van der Waals surface area (Å²) in [5.41, 5.74) is 2.27. The Morgan fingerprint density at radius 3 is 2.50 bits per heavy atom. The summed E-state index contributed by atoms with van der Waals surface area (Å²) in [7, 11) is 0. The van der Waals surface area contributed by atoms with Crippen LogP contribution < -0.4 is 10.1 Å². The molecule has 0 spiro atoms. The summed E-state index contributed by atoms with van der Waals surface area (Å²) in [5, 5.41) is 2.78. The normalized spacial score (nSPS) is 15.2. The molecule has 1 fully saturated rings. The molecule has 0 radical (unpaired) electrons. The second-order valence-electron chi connectivity index (χ2n) is 7.15. The Morgan fingerprint density at radius 2 is 1.92 bits per heavy atom. The third-order valence-corrected chi connectivity index (χ3v) is 4.14. The number of aryl methyl sites for hydroxylation is 1. The SMILES string of the molecule is Cc1ccc(OCNC(=O)N2CCN(C=O)CC2)c(C(C)(C)C)c1. The lowest BCUT2D eigenvalue weighted by atomic mass is 9.85. The second-order valence-corrected chi connectivity index (χ2v) is 7.15. The Morgan fingerprint density at radius 1 is 1.25 bits per heavy atom. The second kappa shape index (κ2) is 7.55. The minimum Gasteiger partial charge on any atom is -0.473 e. The van der Waals surface area contributed by atoms with Crippen LogP contribution in [0.15, 0.2) is 18.2 Å². The number of urea groups is 1. The summed E-state index contributed by atoms with van der Waals surface area (Å²) < 4.78 is 5.80. The number of carbonyl (C=O) groups is 2. The van der Waals surface area contributed by atoms with E-state index in [0.29, 0.717) is 26.2 Å². The predicted octanol–water partition coefficient (Wildman–Crippen LogP) is 2.11. The minimum absolute atomic E-state index is 0.0312. The standard InChI is InChI=1S/C18H27N3O3/c1-14-5-6-16(15(11-14)18(2,3)4)24-12-19-17(23)21-9-7-20(13-22)8-10-21/h5-6,11,13H,7-10,12H2,1-4H3,(H,19,23). The van der Waals surface area contributed by atoms with E-state index >= 15 is 0 Å². The van der Waals surface area contributed by atoms with Crippen molar-refractivity contribution in [2.24, 2.45) is 0 Å². The van der Waals surface area contributed by atoms with Crippen molar-refractivity contribution in [2.75, 3.05) is 32.9 Å². The summed E-state index contributed by atoms with van der Waals surface area (Å²) in [6, 6.07) is 5.91. The lowest BCUT2D eigenvalue weighted by Crippen LogP contribution is -2.51. The molecule has 1 aliphatic heterocycles. The molecule has 0 saturated carbocycles. The molecular formula is C18H27N3O3. The third kappa shape index (κ3) is 4.63. The summed E-state index contributed by atoms with van der Waals surface area (Å²) in [4.78, 5) is 26.2. The topological polar surface area (TPSA) is 61.9 Å². The molecule has 0 bridgehead atoms. The lowest BCUT2D eigenvalue weighted by molar-refractivity contribution is -0.119. The van der Waals surface area contributed by atoms with E-state index in [1.54, 1.807) is 9.80 Å². The molecule has 1 aromatic rings. The molecule has 0 aromatic heterocycles. The van der Waals surface area contributed by atoms with Gasteiger partial charge in [0.15, 0.2) is 6.73 Å². The maximum Gasteiger partial charge on any atom is 0.320 e. The van der Waals surface area contributed by atoms with Gasteiger partial charge in [0.2, 0.25) is 6.41 Å². The van der Waals surface area contributed by atoms with Crippen LogP contribution in [0.25, 0.3) is 0 Å². The zero-order chi connectivity index (χ0) is 17.7. The first-order valence-corrected chi connectivity index (χ1v) is 8.27. The van der Waals surface area contributed by atoms with E-state index < -0.39 is 0 Å². The van der Waals surface area contributed by atoms with Crippen molar-refractivity contribution in [3.8, 4) is 5.75 Å². The first-order valence-electron chi connectivity index (χ1n) is 8.27. The monoisotopic (exact) mass is 333 g/mol. The largest absolute Gasteiger partial charge is 0.473 e. The Labute approximate surface area is 143 Å². The fourth-order valence-electron chi connectivity index (χ4n) is 2.67. The number of hydrogen-bond donors (Lipinski definition) is 1. The van der Waals surface area contributed by atoms with E-state index in [-0.39, 0.29) is 18.2 Å². The van der Waals surface area contributed by atoms with Gasteiger partial charge in [-0.25, -0.2) is 4.79 Å². The van der Waals surface area contributed by atoms with Crippen molar-refractivity contribution in [1.29, 1.82) is 0 Å². The number of benzene rings is 1. The zero-order valence-electron chi connectivity index (χ0n) is 15.0. The van der Waals surface area contributed by atoms with Gasteiger partial charge in [-0.1, -0.05) is 38.5 Å². The number of piperazine rings is 1. The summed E-state index contributed by atoms with van der Waals surface area (Å²) in [5.74, 6) is 0.791. The maximum absolute atomic E-state index is 12.1. The average molecular weight is 333 g/mol. The fourth-order valence-corrected chi connectivity index (χ4v) is 2.67. The van der Waals surface area contributed by atoms with Crippen molar-refractivity contribution in [3.63, 3.8) is 0 Å². The van der Waals surface area contributed by atoms with Crippen molar-refractivity contribution in [1.82, 2.24) is 15.1 Å². The molecule has 0 unspecified atom stereocenters. The van der Waals surface area contributed by atoms with E-state index in [2.05, 4.69) is 39.1 Å². The fraction of sp³-hybridized carbons (Fsp3) is 0.556. The molecule has 1 aliphatic rings. The molecule has 1 saturated heterocycles. The van der Waals surface area contributed by atoms with Gasteiger partial charge in [-0.15, -0.1) is 0 Å². The van der Waals surface area contributed by atoms with Crippen LogP contribution >= 0.6 is 0 Å². The van der Waals surface area contributed by atoms with Crippen molar-refractivity contribution >= 4 is 12.4 Å². The number of nitrogens with zero attached hydrogens (tertiary/aromatic N) is 2. The first kappa shape index (κ1) is 18.1. The molecular weight excluding hydrogens is 306 g/mol. The average Bonchev–Trinajstić information content (AvgIpc) is 2.55. The Kier molecular flexibility index (Phi) is 5.70. The molecule has 2 rings (SSSR count). The highest BCUT2D eigenvalue weighted by atomic mass is 16.5. The van der Waals surface area contributed by atoms with Gasteiger partial charge in [0.1, 0.15) is 5.75 Å². The van der Waals surface area contributed by atoms with Crippen LogP contribution in [0.4, 0.5) is 4.79 Å². The van der Waals surface area contributed by atoms with Crippen LogP contribution in [-0.4, -0.2) is 55.2 Å². The third-order valence-electron chi connectivity index (χ3n) is 4.14. The molecule has 0 aliphatic carbocycles. The van der Waals surface area contributed by atoms with Gasteiger partial charge in [0.05, 0.1) is 0 Å². The number of amides is 3. The summed E-state index contributed by atoms with van der Waals surface area (Å²) in [6.07, 6.45) is 0.823. The van der Waals surface area contributed by atoms with Crippen LogP contribution in [0.5, 0.6) is 5.75 Å². The quantitative estimate of drug-likeness (QED) is 0.678. The highest BCUT2D eigenvalue weighted by molar-refractivity contribution is 5.74. The van der Waals surface area contributed by atoms with Crippen LogP contribution in [-0.2, 0) is 10.2 Å². The molecule has 1 aromatic carbocycles. The van der Waals surface area contributed by atoms with Crippen LogP contribution in [0.3, 0.4) is 0 Å². The van der Waals surface area contributed by atoms with Crippen molar-refractivity contribution in [2.45, 2.75) is 33.1 Å². The number of nitrogens with one attached hydrogen (secondary N) is 1. The van der Waals surface area contributed by atoms with Gasteiger partial charge in [0, 0.05) is 26.2 Å². The number of carbonyl (C=O) groups excluding carboxylic acids is 2. The van der Waals surface area contributed by atoms with Gasteiger partial charge >= 0.3 is 6.03 Å². The number of ether oxygens (including phenoxy) is 1. The Balaban J connectivity index is 1.88. The van der Waals surface area contributed by atoms with E-state index in [0.717, 1.165) is 17.7 Å². The first-order chi connectivity index (χ1) is 11.3. The highest BCUT2D eigenvalue weighted by Crippen LogP contribution is 2.31. The van der Waals surface area contributed by atoms with Crippen molar-refractivity contribution in [3.05, 3.63) is 29.3 Å². The minimum atomic E-state index is -0.162. The highest BCUT2D eigenvalue weighted by Gasteiger charge is 2.21. The smallest absolute Gasteiger partial charge is 0.320 e. The van der Waals surface area contributed by atoms with Crippen LogP contribution in [0.1, 0.15) is 31.9 Å². The number of hydrogen-bond acceptors (Lipinski definition) is 3. The van der Waals surface area contributed by atoms with Gasteiger partial charge in [0.25, 0.3) is 0 Å².